The van der Waals surface area contributed by atoms with Gasteiger partial charge in [0.25, 0.3) is 5.09 Å². The summed E-state index contributed by atoms with van der Waals surface area (Å²) >= 11 is 0. The van der Waals surface area contributed by atoms with E-state index >= 15 is 0 Å². The minimum absolute atomic E-state index is 0. The SMILES string of the molecule is CC(N)(CCc1ccccc1)C(=O)OOCCO[N+](=O)[O-].Cl. The van der Waals surface area contributed by atoms with Crippen molar-refractivity contribution in [2.75, 3.05) is 13.2 Å². The fraction of sp³-hybridized carbons (Fsp3) is 0.462. The lowest BCUT2D eigenvalue weighted by Gasteiger charge is -2.21. The first kappa shape index (κ1) is 20.1. The summed E-state index contributed by atoms with van der Waals surface area (Å²) in [7, 11) is 0. The first-order valence-electron chi connectivity index (χ1n) is 6.36. The van der Waals surface area contributed by atoms with E-state index in [0.29, 0.717) is 12.8 Å². The second-order valence-electron chi connectivity index (χ2n) is 4.65. The molecular formula is C13H19ClN2O6. The monoisotopic (exact) mass is 334 g/mol. The van der Waals surface area contributed by atoms with Gasteiger partial charge in [-0.05, 0) is 25.3 Å². The van der Waals surface area contributed by atoms with Gasteiger partial charge in [-0.3, -0.25) is 4.89 Å². The molecule has 22 heavy (non-hydrogen) atoms. The predicted octanol–water partition coefficient (Wildman–Crippen LogP) is 1.44. The molecule has 0 aliphatic rings. The van der Waals surface area contributed by atoms with Crippen molar-refractivity contribution in [3.63, 3.8) is 0 Å². The summed E-state index contributed by atoms with van der Waals surface area (Å²) in [6, 6.07) is 9.58. The van der Waals surface area contributed by atoms with E-state index in [9.17, 15) is 14.9 Å². The van der Waals surface area contributed by atoms with Gasteiger partial charge in [-0.15, -0.1) is 22.5 Å². The van der Waals surface area contributed by atoms with Crippen LogP contribution in [-0.4, -0.2) is 29.8 Å². The highest BCUT2D eigenvalue weighted by molar-refractivity contribution is 5.85. The Morgan fingerprint density at radius 3 is 2.55 bits per heavy atom. The topological polar surface area (TPSA) is 114 Å². The third-order valence-corrected chi connectivity index (χ3v) is 2.74. The number of aryl methyl sites for hydroxylation is 1. The largest absolute Gasteiger partial charge is 0.361 e. The number of carbonyl (C=O) groups is 1. The molecule has 2 N–H and O–H groups in total. The standard InChI is InChI=1S/C13H18N2O6.ClH/c1-13(14,8-7-11-5-3-2-4-6-11)12(16)21-20-10-9-19-15(17)18;/h2-6H,7-10,14H2,1H3;1H. The summed E-state index contributed by atoms with van der Waals surface area (Å²) in [5.74, 6) is -0.737. The van der Waals surface area contributed by atoms with Gasteiger partial charge in [-0.2, -0.15) is 4.89 Å². The molecule has 1 aromatic rings. The van der Waals surface area contributed by atoms with E-state index in [-0.39, 0.29) is 25.6 Å². The van der Waals surface area contributed by atoms with Crippen LogP contribution in [0, 0.1) is 10.1 Å². The van der Waals surface area contributed by atoms with E-state index in [4.69, 9.17) is 5.73 Å². The molecule has 0 saturated carbocycles. The Morgan fingerprint density at radius 1 is 1.32 bits per heavy atom. The summed E-state index contributed by atoms with van der Waals surface area (Å²) in [6.07, 6.45) is 0.998. The maximum Gasteiger partial charge on any atom is 0.361 e. The fourth-order valence-corrected chi connectivity index (χ4v) is 1.49. The van der Waals surface area contributed by atoms with E-state index in [1.54, 1.807) is 0 Å². The van der Waals surface area contributed by atoms with Crippen LogP contribution in [-0.2, 0) is 25.8 Å². The molecule has 1 unspecified atom stereocenters. The number of nitrogens with zero attached hydrogens (tertiary/aromatic N) is 1. The average molecular weight is 335 g/mol. The summed E-state index contributed by atoms with van der Waals surface area (Å²) in [6.45, 7) is 0.961. The minimum atomic E-state index is -1.21. The molecule has 124 valence electrons. The Bertz CT molecular complexity index is 469. The normalized spacial score (nSPS) is 12.6. The zero-order valence-electron chi connectivity index (χ0n) is 12.1. The molecule has 1 aromatic carbocycles. The zero-order valence-corrected chi connectivity index (χ0v) is 12.9. The second-order valence-corrected chi connectivity index (χ2v) is 4.65. The summed E-state index contributed by atoms with van der Waals surface area (Å²) < 4.78 is 0. The van der Waals surface area contributed by atoms with Gasteiger partial charge in [0.1, 0.15) is 18.8 Å². The molecule has 1 atom stereocenters. The molecule has 9 heteroatoms. The van der Waals surface area contributed by atoms with Crippen LogP contribution in [0.2, 0.25) is 0 Å². The smallest absolute Gasteiger partial charge is 0.316 e. The highest BCUT2D eigenvalue weighted by Crippen LogP contribution is 2.13. The van der Waals surface area contributed by atoms with E-state index in [1.165, 1.54) is 6.92 Å². The van der Waals surface area contributed by atoms with Crippen molar-refractivity contribution in [2.24, 2.45) is 5.73 Å². The van der Waals surface area contributed by atoms with Crippen molar-refractivity contribution < 1.29 is 24.5 Å². The van der Waals surface area contributed by atoms with Gasteiger partial charge in [0.2, 0.25) is 0 Å². The quantitative estimate of drug-likeness (QED) is 0.314. The van der Waals surface area contributed by atoms with Crippen molar-refractivity contribution in [1.82, 2.24) is 0 Å². The molecule has 0 fully saturated rings. The number of rotatable bonds is 9. The molecule has 0 bridgehead atoms. The van der Waals surface area contributed by atoms with Crippen LogP contribution in [0.25, 0.3) is 0 Å². The first-order valence-corrected chi connectivity index (χ1v) is 6.36. The molecule has 1 rings (SSSR count). The van der Waals surface area contributed by atoms with Crippen LogP contribution in [0.3, 0.4) is 0 Å². The summed E-state index contributed by atoms with van der Waals surface area (Å²) in [5, 5.41) is 8.92. The number of nitrogens with two attached hydrogens (primary N) is 1. The van der Waals surface area contributed by atoms with Crippen LogP contribution in [0.15, 0.2) is 30.3 Å². The summed E-state index contributed by atoms with van der Waals surface area (Å²) in [5.41, 5.74) is 5.73. The average Bonchev–Trinajstić information content (AvgIpc) is 2.45. The van der Waals surface area contributed by atoms with Crippen LogP contribution >= 0.6 is 12.4 Å². The Morgan fingerprint density at radius 2 is 1.95 bits per heavy atom. The molecule has 0 spiro atoms. The van der Waals surface area contributed by atoms with Crippen LogP contribution in [0.4, 0.5) is 0 Å². The van der Waals surface area contributed by atoms with Crippen LogP contribution < -0.4 is 5.73 Å². The van der Waals surface area contributed by atoms with Gasteiger partial charge in [-0.25, -0.2) is 4.79 Å². The van der Waals surface area contributed by atoms with Gasteiger partial charge in [0, 0.05) is 0 Å². The van der Waals surface area contributed by atoms with Gasteiger partial charge >= 0.3 is 5.97 Å². The lowest BCUT2D eigenvalue weighted by atomic mass is 9.94. The van der Waals surface area contributed by atoms with Crippen molar-refractivity contribution in [3.05, 3.63) is 46.0 Å². The fourth-order valence-electron chi connectivity index (χ4n) is 1.49. The molecule has 0 amide bonds. The number of hydrogen-bond acceptors (Lipinski definition) is 7. The van der Waals surface area contributed by atoms with Gasteiger partial charge in [0.15, 0.2) is 0 Å². The highest BCUT2D eigenvalue weighted by Gasteiger charge is 2.30. The summed E-state index contributed by atoms with van der Waals surface area (Å²) in [4.78, 5) is 34.6. The van der Waals surface area contributed by atoms with Crippen LogP contribution in [0.5, 0.6) is 0 Å². The number of hydrogen-bond donors (Lipinski definition) is 1. The van der Waals surface area contributed by atoms with E-state index in [2.05, 4.69) is 14.6 Å². The third kappa shape index (κ3) is 7.77. The molecule has 0 aromatic heterocycles. The molecule has 0 aliphatic heterocycles. The molecule has 0 saturated heterocycles. The third-order valence-electron chi connectivity index (χ3n) is 2.74. The van der Waals surface area contributed by atoms with Crippen molar-refractivity contribution in [2.45, 2.75) is 25.3 Å². The van der Waals surface area contributed by atoms with Crippen LogP contribution in [0.1, 0.15) is 18.9 Å². The van der Waals surface area contributed by atoms with Crippen molar-refractivity contribution >= 4 is 18.4 Å². The molecular weight excluding hydrogens is 316 g/mol. The Labute approximate surface area is 134 Å². The van der Waals surface area contributed by atoms with E-state index < -0.39 is 16.6 Å². The lowest BCUT2D eigenvalue weighted by Crippen LogP contribution is -2.46. The predicted molar refractivity (Wildman–Crippen MR) is 79.6 cm³/mol. The Kier molecular flexibility index (Phi) is 9.07. The number of halogens is 1. The highest BCUT2D eigenvalue weighted by atomic mass is 35.5. The molecule has 0 heterocycles. The van der Waals surface area contributed by atoms with Crippen molar-refractivity contribution in [3.8, 4) is 0 Å². The Hall–Kier alpha value is -1.90. The first-order chi connectivity index (χ1) is 9.92. The zero-order chi connectivity index (χ0) is 15.7. The lowest BCUT2D eigenvalue weighted by molar-refractivity contribution is -0.758. The maximum atomic E-state index is 11.7. The second kappa shape index (κ2) is 9.93. The number of carbonyl (C=O) groups excluding carboxylic acids is 1. The Balaban J connectivity index is 0.00000441. The molecule has 0 radical (unpaired) electrons. The minimum Gasteiger partial charge on any atom is -0.316 e. The number of benzene rings is 1. The molecule has 8 nitrogen and oxygen atoms in total. The molecule has 0 aliphatic carbocycles. The van der Waals surface area contributed by atoms with Gasteiger partial charge in [-0.1, -0.05) is 30.3 Å². The van der Waals surface area contributed by atoms with Gasteiger partial charge < -0.3 is 10.6 Å². The van der Waals surface area contributed by atoms with E-state index in [1.807, 2.05) is 30.3 Å². The van der Waals surface area contributed by atoms with Crippen molar-refractivity contribution in [1.29, 1.82) is 0 Å². The maximum absolute atomic E-state index is 11.7. The van der Waals surface area contributed by atoms with E-state index in [0.717, 1.165) is 5.56 Å². The van der Waals surface area contributed by atoms with Gasteiger partial charge in [0.05, 0.1) is 0 Å².